The Hall–Kier alpha value is -0.530. The Morgan fingerprint density at radius 1 is 1.36 bits per heavy atom. The maximum atomic E-state index is 10.3. The first-order valence-corrected chi connectivity index (χ1v) is 4.45. The molecule has 2 bridgehead atoms. The van der Waals surface area contributed by atoms with Crippen molar-refractivity contribution in [3.8, 4) is 0 Å². The van der Waals surface area contributed by atoms with Gasteiger partial charge in [0.05, 0.1) is 0 Å². The molecule has 0 spiro atoms. The van der Waals surface area contributed by atoms with Gasteiger partial charge in [-0.25, -0.2) is 0 Å². The maximum absolute atomic E-state index is 10.3. The summed E-state index contributed by atoms with van der Waals surface area (Å²) in [4.78, 5) is 10.3. The fraction of sp³-hybridized carbons (Fsp3) is 0.889. The summed E-state index contributed by atoms with van der Waals surface area (Å²) < 4.78 is 0. The number of carboxylic acids is 1. The van der Waals surface area contributed by atoms with Gasteiger partial charge in [0.2, 0.25) is 0 Å². The summed E-state index contributed by atoms with van der Waals surface area (Å²) in [6.45, 7) is 0. The van der Waals surface area contributed by atoms with Crippen LogP contribution in [0.3, 0.4) is 0 Å². The first-order chi connectivity index (χ1) is 5.25. The molecule has 2 aliphatic carbocycles. The molecule has 0 aromatic carbocycles. The van der Waals surface area contributed by atoms with E-state index in [9.17, 15) is 9.90 Å². The third kappa shape index (κ3) is 1.26. The van der Waals surface area contributed by atoms with Crippen LogP contribution in [0.4, 0.5) is 0 Å². The van der Waals surface area contributed by atoms with E-state index in [-0.39, 0.29) is 0 Å². The van der Waals surface area contributed by atoms with Gasteiger partial charge in [-0.1, -0.05) is 6.42 Å². The quantitative estimate of drug-likeness (QED) is 0.581. The summed E-state index contributed by atoms with van der Waals surface area (Å²) in [5.74, 6) is 1.17. The molecule has 0 aliphatic heterocycles. The molecule has 2 rings (SSSR count). The molecule has 0 heterocycles. The van der Waals surface area contributed by atoms with E-state index in [1.807, 2.05) is 0 Å². The van der Waals surface area contributed by atoms with Crippen molar-refractivity contribution in [2.24, 2.45) is 17.8 Å². The lowest BCUT2D eigenvalue weighted by atomic mass is 9.86. The molecule has 2 nitrogen and oxygen atoms in total. The fourth-order valence-electron chi connectivity index (χ4n) is 2.84. The van der Waals surface area contributed by atoms with Crippen molar-refractivity contribution in [1.29, 1.82) is 0 Å². The summed E-state index contributed by atoms with van der Waals surface area (Å²) in [6, 6.07) is 0. The molecule has 0 radical (unpaired) electrons. The molecule has 11 heavy (non-hydrogen) atoms. The smallest absolute Gasteiger partial charge is 0.0417 e. The third-order valence-electron chi connectivity index (χ3n) is 3.31. The lowest BCUT2D eigenvalue weighted by Crippen LogP contribution is -2.27. The van der Waals surface area contributed by atoms with Gasteiger partial charge in [0.25, 0.3) is 0 Å². The molecule has 3 atom stereocenters. The summed E-state index contributed by atoms with van der Waals surface area (Å²) in [7, 11) is 0. The number of hydrogen-bond acceptors (Lipinski definition) is 2. The van der Waals surface area contributed by atoms with Crippen molar-refractivity contribution < 1.29 is 9.90 Å². The normalized spacial score (nSPS) is 41.3. The van der Waals surface area contributed by atoms with E-state index in [4.69, 9.17) is 0 Å². The molecule has 2 heteroatoms. The van der Waals surface area contributed by atoms with Crippen molar-refractivity contribution in [3.05, 3.63) is 0 Å². The Bertz CT molecular complexity index is 176. The van der Waals surface area contributed by atoms with Crippen LogP contribution in [0.2, 0.25) is 0 Å². The molecule has 2 fully saturated rings. The maximum Gasteiger partial charge on any atom is 0.0417 e. The topological polar surface area (TPSA) is 40.1 Å². The molecule has 0 aromatic heterocycles. The molecule has 2 aliphatic rings. The number of fused-ring (bicyclic) bond motifs is 2. The monoisotopic (exact) mass is 153 g/mol. The van der Waals surface area contributed by atoms with Gasteiger partial charge in [0.1, 0.15) is 0 Å². The summed E-state index contributed by atoms with van der Waals surface area (Å²) >= 11 is 0. The minimum Gasteiger partial charge on any atom is -0.550 e. The minimum atomic E-state index is -0.859. The van der Waals surface area contributed by atoms with Crippen molar-refractivity contribution in [2.75, 3.05) is 0 Å². The average molecular weight is 153 g/mol. The number of rotatable bonds is 2. The lowest BCUT2D eigenvalue weighted by molar-refractivity contribution is -0.307. The number of carboxylic acid groups (broad SMARTS) is 1. The molecule has 62 valence electrons. The van der Waals surface area contributed by atoms with Crippen molar-refractivity contribution >= 4 is 5.97 Å². The Morgan fingerprint density at radius 2 is 2.18 bits per heavy atom. The van der Waals surface area contributed by atoms with Crippen LogP contribution >= 0.6 is 0 Å². The lowest BCUT2D eigenvalue weighted by Gasteiger charge is -2.21. The van der Waals surface area contributed by atoms with E-state index < -0.39 is 5.97 Å². The minimum absolute atomic E-state index is 0.307. The van der Waals surface area contributed by atoms with E-state index in [1.54, 1.807) is 0 Å². The van der Waals surface area contributed by atoms with E-state index in [2.05, 4.69) is 0 Å². The molecule has 0 aromatic rings. The van der Waals surface area contributed by atoms with Crippen LogP contribution < -0.4 is 5.11 Å². The van der Waals surface area contributed by atoms with Gasteiger partial charge in [-0.15, -0.1) is 0 Å². The highest BCUT2D eigenvalue weighted by molar-refractivity contribution is 5.64. The fourth-order valence-corrected chi connectivity index (χ4v) is 2.84. The van der Waals surface area contributed by atoms with Crippen LogP contribution in [0.25, 0.3) is 0 Å². The van der Waals surface area contributed by atoms with Gasteiger partial charge in [-0.2, -0.15) is 0 Å². The van der Waals surface area contributed by atoms with Gasteiger partial charge in [0, 0.05) is 5.97 Å². The van der Waals surface area contributed by atoms with Crippen molar-refractivity contribution in [2.45, 2.75) is 32.1 Å². The molecular formula is C9H13O2-. The third-order valence-corrected chi connectivity index (χ3v) is 3.31. The highest BCUT2D eigenvalue weighted by Crippen LogP contribution is 2.49. The van der Waals surface area contributed by atoms with Crippen LogP contribution in [0.5, 0.6) is 0 Å². The summed E-state index contributed by atoms with van der Waals surface area (Å²) in [5.41, 5.74) is 0. The molecular weight excluding hydrogens is 140 g/mol. The Labute approximate surface area is 66.6 Å². The van der Waals surface area contributed by atoms with Gasteiger partial charge in [-0.3, -0.25) is 0 Å². The molecule has 2 saturated carbocycles. The number of hydrogen-bond donors (Lipinski definition) is 0. The van der Waals surface area contributed by atoms with E-state index >= 15 is 0 Å². The van der Waals surface area contributed by atoms with Crippen LogP contribution in [0.1, 0.15) is 32.1 Å². The van der Waals surface area contributed by atoms with Crippen LogP contribution in [0, 0.1) is 17.8 Å². The zero-order valence-corrected chi connectivity index (χ0v) is 6.58. The molecule has 0 amide bonds. The Morgan fingerprint density at radius 3 is 2.64 bits per heavy atom. The van der Waals surface area contributed by atoms with Gasteiger partial charge < -0.3 is 9.90 Å². The SMILES string of the molecule is O=C([O-])CC1CC2CCC1C2. The Kier molecular flexibility index (Phi) is 1.63. The summed E-state index contributed by atoms with van der Waals surface area (Å²) in [5, 5.41) is 10.3. The van der Waals surface area contributed by atoms with Crippen molar-refractivity contribution in [3.63, 3.8) is 0 Å². The van der Waals surface area contributed by atoms with Crippen LogP contribution in [0.15, 0.2) is 0 Å². The van der Waals surface area contributed by atoms with Gasteiger partial charge >= 0.3 is 0 Å². The second-order valence-corrected chi connectivity index (χ2v) is 4.01. The molecule has 0 N–H and O–H groups in total. The predicted octanol–water partition coefficient (Wildman–Crippen LogP) is 0.563. The molecule has 3 unspecified atom stereocenters. The largest absolute Gasteiger partial charge is 0.550 e. The number of carbonyl (C=O) groups excluding carboxylic acids is 1. The molecule has 0 saturated heterocycles. The zero-order chi connectivity index (χ0) is 7.84. The van der Waals surface area contributed by atoms with E-state index in [0.29, 0.717) is 12.3 Å². The van der Waals surface area contributed by atoms with Gasteiger partial charge in [0.15, 0.2) is 0 Å². The van der Waals surface area contributed by atoms with Crippen molar-refractivity contribution in [1.82, 2.24) is 0 Å². The highest BCUT2D eigenvalue weighted by atomic mass is 16.4. The number of aliphatic carboxylic acids is 1. The van der Waals surface area contributed by atoms with Crippen LogP contribution in [-0.2, 0) is 4.79 Å². The average Bonchev–Trinajstić information content (AvgIpc) is 2.45. The van der Waals surface area contributed by atoms with E-state index in [1.165, 1.54) is 19.3 Å². The Balaban J connectivity index is 1.92. The second-order valence-electron chi connectivity index (χ2n) is 4.01. The van der Waals surface area contributed by atoms with Crippen LogP contribution in [-0.4, -0.2) is 5.97 Å². The standard InChI is InChI=1S/C9H14O2/c10-9(11)5-8-4-6-1-2-7(8)3-6/h6-8H,1-5H2,(H,10,11)/p-1. The first-order valence-electron chi connectivity index (χ1n) is 4.45. The number of carbonyl (C=O) groups is 1. The summed E-state index contributed by atoms with van der Waals surface area (Å²) in [6.07, 6.45) is 5.36. The van der Waals surface area contributed by atoms with Gasteiger partial charge in [-0.05, 0) is 43.4 Å². The first kappa shape index (κ1) is 7.14. The van der Waals surface area contributed by atoms with E-state index in [0.717, 1.165) is 18.3 Å². The second kappa shape index (κ2) is 2.50. The zero-order valence-electron chi connectivity index (χ0n) is 6.58. The predicted molar refractivity (Wildman–Crippen MR) is 38.6 cm³/mol. The highest BCUT2D eigenvalue weighted by Gasteiger charge is 2.38.